The zero-order valence-electron chi connectivity index (χ0n) is 82.4. The van der Waals surface area contributed by atoms with Crippen molar-refractivity contribution in [3.05, 3.63) is 344 Å². The number of hydrogen-bond donors (Lipinski definition) is 2. The molecule has 748 valence electrons. The van der Waals surface area contributed by atoms with Crippen LogP contribution in [0, 0.1) is 45.3 Å². The van der Waals surface area contributed by atoms with Crippen LogP contribution in [0.1, 0.15) is 224 Å². The van der Waals surface area contributed by atoms with E-state index in [-0.39, 0.29) is 35.6 Å². The number of aliphatic imine (C=N–C) groups is 2. The van der Waals surface area contributed by atoms with Crippen LogP contribution in [0.2, 0.25) is 20.1 Å². The van der Waals surface area contributed by atoms with Gasteiger partial charge in [-0.25, -0.2) is 68.6 Å². The van der Waals surface area contributed by atoms with E-state index in [0.717, 1.165) is 150 Å². The first kappa shape index (κ1) is 109. The monoisotopic (exact) mass is 2120 g/mol. The maximum Gasteiger partial charge on any atom is 0.231 e. The first-order valence-corrected chi connectivity index (χ1v) is 56.0. The molecule has 145 heavy (non-hydrogen) atoms. The van der Waals surface area contributed by atoms with Crippen LogP contribution in [0.3, 0.4) is 0 Å². The van der Waals surface area contributed by atoms with Crippen LogP contribution >= 0.6 is 58.0 Å². The van der Waals surface area contributed by atoms with Crippen LogP contribution < -0.4 is 28.4 Å². The number of allylic oxidation sites excluding steroid dienone is 1. The van der Waals surface area contributed by atoms with Gasteiger partial charge in [-0.3, -0.25) is 24.4 Å². The molecule has 37 heteroatoms. The van der Waals surface area contributed by atoms with Gasteiger partial charge in [-0.2, -0.15) is 21.0 Å². The highest BCUT2D eigenvalue weighted by Gasteiger charge is 2.34. The van der Waals surface area contributed by atoms with Gasteiger partial charge in [0.15, 0.2) is 48.5 Å². The second kappa shape index (κ2) is 45.5. The summed E-state index contributed by atoms with van der Waals surface area (Å²) >= 11 is 31.7. The van der Waals surface area contributed by atoms with Gasteiger partial charge in [-0.1, -0.05) is 226 Å². The Kier molecular flexibility index (Phi) is 34.2. The fourth-order valence-electron chi connectivity index (χ4n) is 16.6. The van der Waals surface area contributed by atoms with Gasteiger partial charge in [-0.15, -0.1) is 11.6 Å². The average Bonchev–Trinajstić information content (AvgIpc) is 1.10. The largest absolute Gasteiger partial charge is 0.491 e. The fraction of sp³-hybridized carbons (Fsp3) is 0.296. The quantitative estimate of drug-likeness (QED) is 0.0370. The summed E-state index contributed by atoms with van der Waals surface area (Å²) < 4.78 is 121. The minimum atomic E-state index is -3.48. The molecule has 8 aromatic carbocycles. The van der Waals surface area contributed by atoms with Crippen LogP contribution in [0.4, 0.5) is 11.6 Å². The van der Waals surface area contributed by atoms with Gasteiger partial charge in [0.2, 0.25) is 20.0 Å². The lowest BCUT2D eigenvalue weighted by molar-refractivity contribution is 0.316. The van der Waals surface area contributed by atoms with Gasteiger partial charge in [0.1, 0.15) is 71.7 Å². The number of sulfone groups is 2. The van der Waals surface area contributed by atoms with Crippen molar-refractivity contribution in [3.8, 4) is 58.4 Å². The molecular weight excluding hydrogens is 2020 g/mol. The Bertz CT molecular complexity index is 7720. The lowest BCUT2D eigenvalue weighted by Crippen LogP contribution is -2.19. The van der Waals surface area contributed by atoms with E-state index >= 15 is 0 Å². The molecule has 0 bridgehead atoms. The summed E-state index contributed by atoms with van der Waals surface area (Å²) in [5.74, 6) is 2.60. The predicted molar refractivity (Wildman–Crippen MR) is 571 cm³/mol. The van der Waals surface area contributed by atoms with Gasteiger partial charge in [0.05, 0.1) is 122 Å². The Balaban J connectivity index is 0.000000162. The number of alkyl halides is 1. The number of pyridine rings is 2. The molecule has 2 aliphatic heterocycles. The molecule has 0 spiro atoms. The number of nitriles is 4. The lowest BCUT2D eigenvalue weighted by Gasteiger charge is -2.27. The van der Waals surface area contributed by atoms with Crippen molar-refractivity contribution >= 4 is 137 Å². The van der Waals surface area contributed by atoms with Gasteiger partial charge < -0.3 is 18.9 Å². The number of aromatic nitrogens is 8. The van der Waals surface area contributed by atoms with Crippen molar-refractivity contribution in [2.45, 2.75) is 148 Å². The summed E-state index contributed by atoms with van der Waals surface area (Å²) in [5, 5.41) is 41.1. The van der Waals surface area contributed by atoms with Crippen LogP contribution in [0.25, 0.3) is 27.6 Å². The molecule has 0 saturated carbocycles. The number of ether oxygens (including phenoxy) is 4. The highest BCUT2D eigenvalue weighted by molar-refractivity contribution is 7.92. The topological polar surface area (TPSA) is 421 Å². The zero-order chi connectivity index (χ0) is 105. The number of nitrogens with zero attached hydrogens (tertiary/aromatic N) is 14. The first-order chi connectivity index (χ1) is 68.6. The molecule has 28 nitrogen and oxygen atoms in total. The van der Waals surface area contributed by atoms with E-state index in [1.165, 1.54) is 12.6 Å². The van der Waals surface area contributed by atoms with E-state index in [9.17, 15) is 54.7 Å². The third kappa shape index (κ3) is 26.0. The normalized spacial score (nSPS) is 12.8. The maximum absolute atomic E-state index is 11.7. The van der Waals surface area contributed by atoms with Gasteiger partial charge in [0, 0.05) is 104 Å². The summed E-state index contributed by atoms with van der Waals surface area (Å²) in [5.41, 5.74) is 19.9. The number of anilines is 2. The predicted octanol–water partition coefficient (Wildman–Crippen LogP) is 21.6. The molecule has 7 heterocycles. The second-order valence-electron chi connectivity index (χ2n) is 37.0. The molecule has 0 atom stereocenters. The molecule has 5 aromatic heterocycles. The summed E-state index contributed by atoms with van der Waals surface area (Å²) in [6.45, 7) is 25.1. The smallest absolute Gasteiger partial charge is 0.231 e. The van der Waals surface area contributed by atoms with Crippen molar-refractivity contribution in [2.24, 2.45) is 9.98 Å². The minimum absolute atomic E-state index is 0.164. The summed E-state index contributed by atoms with van der Waals surface area (Å²) in [6.07, 6.45) is 17.6. The number of rotatable bonds is 32. The fourth-order valence-corrected chi connectivity index (χ4v) is 20.1. The summed E-state index contributed by atoms with van der Waals surface area (Å²) in [7, 11) is -13.4. The first-order valence-electron chi connectivity index (χ1n) is 46.0. The van der Waals surface area contributed by atoms with Crippen LogP contribution in [-0.4, -0.2) is 142 Å². The van der Waals surface area contributed by atoms with Crippen molar-refractivity contribution < 1.29 is 52.6 Å². The van der Waals surface area contributed by atoms with Crippen molar-refractivity contribution in [1.29, 1.82) is 21.0 Å². The number of nitrogens with one attached hydrogen (secondary N) is 2. The molecule has 2 N–H and O–H groups in total. The van der Waals surface area contributed by atoms with E-state index in [4.69, 9.17) is 77.0 Å². The van der Waals surface area contributed by atoms with Gasteiger partial charge in [-0.05, 0) is 141 Å². The van der Waals surface area contributed by atoms with E-state index in [1.54, 1.807) is 36.9 Å². The van der Waals surface area contributed by atoms with Gasteiger partial charge >= 0.3 is 0 Å². The Morgan fingerprint density at radius 2 is 0.772 bits per heavy atom. The average molecular weight is 2120 g/mol. The summed E-state index contributed by atoms with van der Waals surface area (Å²) in [6, 6.07) is 59.6. The molecule has 3 aliphatic rings. The SMILES string of the molecule is CC(C)(c1ccc(-c2cnc3c(NS(C)(=O)=O)nccc3c2)cc1)c1cc(Cl)c(OCCCl)c(C#N)c1.CCCOc1c(Cl)cc(C(C)(C)c2ccc(C3=CCc4nc(CS(C)(=O)=O)ncc43)cc2)cc1C#N.CCCOc1c(Cl)cc(C(C)(C)c2ccc(C3=NCc4c(NS(C)(=O)=O)ncnc43)cc2)cc1C#N.CCCOc1c(Cl)cc(C(C)(C)c2ccc(C3=NCc4nc(CS(C)(=O)=O)ncc43)cc2)cc1C#N. The van der Waals surface area contributed by atoms with E-state index in [2.05, 4.69) is 169 Å². The number of halogens is 5. The van der Waals surface area contributed by atoms with Crippen LogP contribution in [-0.2, 0) is 92.4 Å². The molecule has 0 saturated heterocycles. The highest BCUT2D eigenvalue weighted by atomic mass is 35.5. The second-order valence-corrected chi connectivity index (χ2v) is 46.8. The minimum Gasteiger partial charge on any atom is -0.491 e. The van der Waals surface area contributed by atoms with Crippen molar-refractivity contribution in [3.63, 3.8) is 0 Å². The van der Waals surface area contributed by atoms with Crippen molar-refractivity contribution in [2.75, 3.05) is 66.8 Å². The number of fused-ring (bicyclic) bond motifs is 4. The lowest BCUT2D eigenvalue weighted by atomic mass is 9.77. The molecule has 16 rings (SSSR count). The number of hydrogen-bond acceptors (Lipinski definition) is 26. The Labute approximate surface area is 871 Å². The Morgan fingerprint density at radius 1 is 0.393 bits per heavy atom. The Hall–Kier alpha value is -13.4. The number of sulfonamides is 2. The number of benzene rings is 8. The maximum atomic E-state index is 11.7. The van der Waals surface area contributed by atoms with Crippen LogP contribution in [0.5, 0.6) is 23.0 Å². The molecule has 0 fully saturated rings. The van der Waals surface area contributed by atoms with Gasteiger partial charge in [0.25, 0.3) is 0 Å². The van der Waals surface area contributed by atoms with Crippen molar-refractivity contribution in [1.82, 2.24) is 39.9 Å². The Morgan fingerprint density at radius 3 is 1.17 bits per heavy atom. The third-order valence-electron chi connectivity index (χ3n) is 24.6. The van der Waals surface area contributed by atoms with E-state index in [0.29, 0.717) is 139 Å². The van der Waals surface area contributed by atoms with E-state index < -0.39 is 61.4 Å². The summed E-state index contributed by atoms with van der Waals surface area (Å²) in [4.78, 5) is 43.6. The standard InChI is InChI=1S/C28H28ClN3O3S.C27H24Cl2N4O3S.C27H27ClN4O3S.C26H26ClN5O3S/c1-5-12-35-27-19(15-30)13-21(14-24(27)29)28(2,3)20-8-6-18(7-9-20)22-10-11-25-23(22)16-31-26(32-25)17-36(4,33)34;1-27(2,22-13-19(15-30)25(23(29)14-22)36-11-9-28)21-6-4-17(5-7-21)20-12-18-8-10-31-26(24(18)32-16-20)33-37(3,34)35;1-5-10-35-26-18(13-29)11-20(12-22(26)28)27(2,3)19-8-6-17(7-9-19)25-21-14-30-24(16-36(4,33)34)32-23(21)15-31-25;1-5-10-35-24-17(13-28)11-19(12-21(24)27)26(2,3)18-8-6-16(7-9-18)22-23-20(14-29-22)25(31-15-30-23)32-36(4,33)34/h6-10,13-14,16H,5,11-12,17H2,1-4H3;4-8,10,12-14,16H,9,11H2,1-3H3,(H,31,33);6-9,11-12,14H,5,10,15-16H2,1-4H3;6-9,11-12,15H,5,10,14H2,1-4H3,(H,30,31,32). The highest BCUT2D eigenvalue weighted by Crippen LogP contribution is 2.46. The molecule has 0 radical (unpaired) electrons. The molecule has 13 aromatic rings. The van der Waals surface area contributed by atoms with Crippen LogP contribution in [0.15, 0.2) is 205 Å². The molecule has 1 aliphatic carbocycles. The molecule has 0 amide bonds. The molecular formula is C108H105Cl5N16O12S4. The third-order valence-corrected chi connectivity index (χ3v) is 28.6. The van der Waals surface area contributed by atoms with E-state index in [1.807, 2.05) is 142 Å². The molecule has 0 unspecified atom stereocenters. The zero-order valence-corrected chi connectivity index (χ0v) is 89.4.